The third-order valence-corrected chi connectivity index (χ3v) is 6.04. The van der Waals surface area contributed by atoms with Crippen molar-refractivity contribution in [3.05, 3.63) is 95.6 Å². The Kier molecular flexibility index (Phi) is 6.55. The molecule has 0 aromatic heterocycles. The van der Waals surface area contributed by atoms with Crippen molar-refractivity contribution in [3.8, 4) is 5.75 Å². The van der Waals surface area contributed by atoms with Crippen molar-refractivity contribution in [1.82, 2.24) is 0 Å². The van der Waals surface area contributed by atoms with Gasteiger partial charge in [0, 0.05) is 29.6 Å². The predicted octanol–water partition coefficient (Wildman–Crippen LogP) is 5.65. The number of ether oxygens (including phenoxy) is 1. The number of carbonyl (C=O) groups excluding carboxylic acids is 1. The Balaban J connectivity index is 1.61. The van der Waals surface area contributed by atoms with Crippen LogP contribution >= 0.6 is 0 Å². The van der Waals surface area contributed by atoms with E-state index in [1.165, 1.54) is 0 Å². The lowest BCUT2D eigenvalue weighted by molar-refractivity contribution is -0.137. The van der Waals surface area contributed by atoms with Gasteiger partial charge in [0.2, 0.25) is 0 Å². The molecule has 3 aromatic rings. The molecule has 0 spiro atoms. The van der Waals surface area contributed by atoms with Crippen molar-refractivity contribution in [2.24, 2.45) is 0 Å². The number of benzene rings is 3. The molecule has 0 saturated carbocycles. The van der Waals surface area contributed by atoms with Gasteiger partial charge < -0.3 is 14.7 Å². The summed E-state index contributed by atoms with van der Waals surface area (Å²) in [7, 11) is 0. The highest BCUT2D eigenvalue weighted by Crippen LogP contribution is 2.45. The van der Waals surface area contributed by atoms with Crippen molar-refractivity contribution in [1.29, 1.82) is 0 Å². The summed E-state index contributed by atoms with van der Waals surface area (Å²) in [6.45, 7) is 2.50. The number of hydrogen-bond acceptors (Lipinski definition) is 3. The first kappa shape index (κ1) is 21.6. The molecular weight excluding hydrogens is 402 g/mol. The van der Waals surface area contributed by atoms with E-state index in [-0.39, 0.29) is 24.3 Å². The smallest absolute Gasteiger partial charge is 0.303 e. The number of rotatable bonds is 8. The van der Waals surface area contributed by atoms with Gasteiger partial charge in [0.25, 0.3) is 5.91 Å². The molecule has 1 N–H and O–H groups in total. The number of nitrogens with zero attached hydrogens (tertiary/aromatic N) is 1. The van der Waals surface area contributed by atoms with E-state index in [1.807, 2.05) is 90.7 Å². The highest BCUT2D eigenvalue weighted by Gasteiger charge is 2.39. The second-order valence-electron chi connectivity index (χ2n) is 8.17. The fourth-order valence-corrected chi connectivity index (χ4v) is 4.42. The zero-order valence-corrected chi connectivity index (χ0v) is 18.1. The lowest BCUT2D eigenvalue weighted by Gasteiger charge is -2.25. The van der Waals surface area contributed by atoms with E-state index in [0.29, 0.717) is 25.0 Å². The van der Waals surface area contributed by atoms with Gasteiger partial charge in [-0.3, -0.25) is 9.59 Å². The van der Waals surface area contributed by atoms with Crippen LogP contribution in [0.4, 0.5) is 5.69 Å². The van der Waals surface area contributed by atoms with Crippen LogP contribution in [-0.4, -0.2) is 23.0 Å². The molecule has 0 aliphatic carbocycles. The molecule has 4 rings (SSSR count). The highest BCUT2D eigenvalue weighted by atomic mass is 16.5. The lowest BCUT2D eigenvalue weighted by Crippen LogP contribution is -2.37. The van der Waals surface area contributed by atoms with Gasteiger partial charge in [0.05, 0.1) is 0 Å². The molecule has 2 atom stereocenters. The van der Waals surface area contributed by atoms with Crippen LogP contribution in [0, 0.1) is 0 Å². The van der Waals surface area contributed by atoms with E-state index >= 15 is 0 Å². The summed E-state index contributed by atoms with van der Waals surface area (Å²) < 4.78 is 6.03. The number of aliphatic carboxylic acids is 1. The van der Waals surface area contributed by atoms with Crippen LogP contribution in [0.1, 0.15) is 53.6 Å². The zero-order valence-electron chi connectivity index (χ0n) is 18.1. The molecule has 0 radical (unpaired) electrons. The van der Waals surface area contributed by atoms with E-state index in [9.17, 15) is 9.59 Å². The Morgan fingerprint density at radius 3 is 2.34 bits per heavy atom. The average Bonchev–Trinajstić information content (AvgIpc) is 3.09. The second kappa shape index (κ2) is 9.69. The molecule has 5 nitrogen and oxygen atoms in total. The summed E-state index contributed by atoms with van der Waals surface area (Å²) in [5.74, 6) is -0.0413. The number of hydrogen-bond donors (Lipinski definition) is 1. The maximum Gasteiger partial charge on any atom is 0.303 e. The second-order valence-corrected chi connectivity index (χ2v) is 8.17. The Hall–Kier alpha value is -3.60. The number of carbonyl (C=O) groups is 2. The third-order valence-electron chi connectivity index (χ3n) is 6.04. The van der Waals surface area contributed by atoms with E-state index in [1.54, 1.807) is 0 Å². The normalized spacial score (nSPS) is 17.1. The zero-order chi connectivity index (χ0) is 22.5. The van der Waals surface area contributed by atoms with Crippen LogP contribution in [0.3, 0.4) is 0 Å². The summed E-state index contributed by atoms with van der Waals surface area (Å²) in [6.07, 6.45) is 1.38. The molecule has 1 amide bonds. The van der Waals surface area contributed by atoms with E-state index in [4.69, 9.17) is 9.84 Å². The predicted molar refractivity (Wildman–Crippen MR) is 124 cm³/mol. The molecule has 0 fully saturated rings. The fourth-order valence-electron chi connectivity index (χ4n) is 4.42. The molecule has 3 aromatic carbocycles. The van der Waals surface area contributed by atoms with Gasteiger partial charge in [0.15, 0.2) is 0 Å². The first-order valence-electron chi connectivity index (χ1n) is 11.0. The quantitative estimate of drug-likeness (QED) is 0.502. The monoisotopic (exact) mass is 429 g/mol. The largest absolute Gasteiger partial charge is 0.489 e. The standard InChI is InChI=1S/C27H27NO4/c1-19-23(13-8-14-26(29)30)24-17-22(32-18-20-9-4-2-5-10-20)15-16-25(24)28(19)27(31)21-11-6-3-7-12-21/h2-7,9-12,15-17,19,23H,8,13-14,18H2,1H3,(H,29,30). The molecule has 1 aliphatic rings. The van der Waals surface area contributed by atoms with Gasteiger partial charge in [-0.1, -0.05) is 48.5 Å². The van der Waals surface area contributed by atoms with Crippen LogP contribution in [0.2, 0.25) is 0 Å². The average molecular weight is 430 g/mol. The third kappa shape index (κ3) is 4.67. The first-order valence-corrected chi connectivity index (χ1v) is 11.0. The Bertz CT molecular complexity index is 1080. The maximum absolute atomic E-state index is 13.3. The van der Waals surface area contributed by atoms with Gasteiger partial charge in [0.1, 0.15) is 12.4 Å². The van der Waals surface area contributed by atoms with Gasteiger partial charge >= 0.3 is 5.97 Å². The molecule has 1 heterocycles. The van der Waals surface area contributed by atoms with Gasteiger partial charge in [-0.05, 0) is 61.2 Å². The molecule has 5 heteroatoms. The summed E-state index contributed by atoms with van der Waals surface area (Å²) >= 11 is 0. The number of amides is 1. The minimum atomic E-state index is -0.798. The molecule has 0 saturated heterocycles. The Labute approximate surface area is 188 Å². The van der Waals surface area contributed by atoms with Gasteiger partial charge in [-0.2, -0.15) is 0 Å². The number of carboxylic acid groups (broad SMARTS) is 1. The maximum atomic E-state index is 13.3. The van der Waals surface area contributed by atoms with Crippen molar-refractivity contribution in [2.45, 2.75) is 44.8 Å². The summed E-state index contributed by atoms with van der Waals surface area (Å²) in [4.78, 5) is 26.2. The van der Waals surface area contributed by atoms with Crippen LogP contribution < -0.4 is 9.64 Å². The summed E-state index contributed by atoms with van der Waals surface area (Å²) in [6, 6.07) is 25.0. The molecule has 164 valence electrons. The van der Waals surface area contributed by atoms with E-state index in [2.05, 4.69) is 0 Å². The van der Waals surface area contributed by atoms with Crippen LogP contribution in [0.5, 0.6) is 5.75 Å². The summed E-state index contributed by atoms with van der Waals surface area (Å²) in [5, 5.41) is 9.08. The van der Waals surface area contributed by atoms with Crippen molar-refractivity contribution < 1.29 is 19.4 Å². The molecular formula is C27H27NO4. The molecule has 0 bridgehead atoms. The number of anilines is 1. The SMILES string of the molecule is CC1C(CCCC(=O)O)c2cc(OCc3ccccc3)ccc2N1C(=O)c1ccccc1. The number of fused-ring (bicyclic) bond motifs is 1. The molecule has 2 unspecified atom stereocenters. The van der Waals surface area contributed by atoms with Crippen molar-refractivity contribution in [2.75, 3.05) is 4.90 Å². The van der Waals surface area contributed by atoms with E-state index < -0.39 is 5.97 Å². The van der Waals surface area contributed by atoms with Crippen LogP contribution in [0.25, 0.3) is 0 Å². The van der Waals surface area contributed by atoms with Crippen LogP contribution in [-0.2, 0) is 11.4 Å². The van der Waals surface area contributed by atoms with Gasteiger partial charge in [-0.15, -0.1) is 0 Å². The van der Waals surface area contributed by atoms with Crippen LogP contribution in [0.15, 0.2) is 78.9 Å². The van der Waals surface area contributed by atoms with Gasteiger partial charge in [-0.25, -0.2) is 0 Å². The first-order chi connectivity index (χ1) is 15.5. The topological polar surface area (TPSA) is 66.8 Å². The summed E-state index contributed by atoms with van der Waals surface area (Å²) in [5.41, 5.74) is 3.64. The molecule has 1 aliphatic heterocycles. The molecule has 32 heavy (non-hydrogen) atoms. The fraction of sp³-hybridized carbons (Fsp3) is 0.259. The Morgan fingerprint density at radius 2 is 1.66 bits per heavy atom. The Morgan fingerprint density at radius 1 is 0.969 bits per heavy atom. The lowest BCUT2D eigenvalue weighted by atomic mass is 9.90. The van der Waals surface area contributed by atoms with E-state index in [0.717, 1.165) is 22.6 Å². The van der Waals surface area contributed by atoms with Crippen molar-refractivity contribution in [3.63, 3.8) is 0 Å². The van der Waals surface area contributed by atoms with Crippen molar-refractivity contribution >= 4 is 17.6 Å². The number of carboxylic acids is 1. The minimum absolute atomic E-state index is 0.0435. The minimum Gasteiger partial charge on any atom is -0.489 e. The highest BCUT2D eigenvalue weighted by molar-refractivity contribution is 6.08.